The van der Waals surface area contributed by atoms with Crippen LogP contribution < -0.4 is 10.0 Å². The smallest absolute Gasteiger partial charge is 0.242 e. The third-order valence-electron chi connectivity index (χ3n) is 3.10. The first kappa shape index (κ1) is 15.9. The molecule has 19 heavy (non-hydrogen) atoms. The number of aromatic nitrogens is 1. The molecule has 0 aliphatic carbocycles. The molecule has 0 amide bonds. The summed E-state index contributed by atoms with van der Waals surface area (Å²) in [7, 11) is -3.48. The Morgan fingerprint density at radius 1 is 1.26 bits per heavy atom. The molecule has 0 aliphatic heterocycles. The number of hydrogen-bond acceptors (Lipinski definition) is 4. The van der Waals surface area contributed by atoms with Crippen LogP contribution in [0.4, 0.5) is 5.82 Å². The Balaban J connectivity index is 2.77. The second kappa shape index (κ2) is 6.34. The minimum Gasteiger partial charge on any atom is -0.370 e. The molecule has 0 fully saturated rings. The van der Waals surface area contributed by atoms with Crippen molar-refractivity contribution in [3.05, 3.63) is 18.3 Å². The molecule has 108 valence electrons. The van der Waals surface area contributed by atoms with Crippen molar-refractivity contribution < 1.29 is 8.42 Å². The van der Waals surface area contributed by atoms with Gasteiger partial charge in [-0.15, -0.1) is 0 Å². The fraction of sp³-hybridized carbons (Fsp3) is 0.615. The summed E-state index contributed by atoms with van der Waals surface area (Å²) in [4.78, 5) is 4.26. The molecule has 2 N–H and O–H groups in total. The fourth-order valence-corrected chi connectivity index (χ4v) is 2.51. The molecule has 1 aromatic heterocycles. The quantitative estimate of drug-likeness (QED) is 0.806. The number of sulfonamides is 1. The highest BCUT2D eigenvalue weighted by molar-refractivity contribution is 7.89. The van der Waals surface area contributed by atoms with Crippen LogP contribution in [0, 0.1) is 5.41 Å². The van der Waals surface area contributed by atoms with Crippen LogP contribution >= 0.6 is 0 Å². The average Bonchev–Trinajstić information content (AvgIpc) is 2.38. The molecule has 0 radical (unpaired) electrons. The molecule has 1 rings (SSSR count). The molecule has 1 aromatic rings. The molecule has 0 aromatic carbocycles. The first-order valence-electron chi connectivity index (χ1n) is 6.50. The standard InChI is InChI=1S/C13H23N3O2S/c1-5-13(3,4)10-16-19(17,18)11-7-8-12(14-6-2)15-9-11/h7-9,16H,5-6,10H2,1-4H3,(H,14,15). The summed E-state index contributed by atoms with van der Waals surface area (Å²) in [6, 6.07) is 3.23. The van der Waals surface area contributed by atoms with E-state index in [4.69, 9.17) is 0 Å². The van der Waals surface area contributed by atoms with Crippen LogP contribution in [0.15, 0.2) is 23.2 Å². The van der Waals surface area contributed by atoms with Gasteiger partial charge in [0.05, 0.1) is 0 Å². The number of anilines is 1. The molecule has 6 heteroatoms. The second-order valence-corrected chi connectivity index (χ2v) is 7.02. The summed E-state index contributed by atoms with van der Waals surface area (Å²) >= 11 is 0. The summed E-state index contributed by atoms with van der Waals surface area (Å²) in [5.74, 6) is 0.676. The highest BCUT2D eigenvalue weighted by Crippen LogP contribution is 2.19. The van der Waals surface area contributed by atoms with E-state index in [0.29, 0.717) is 12.4 Å². The van der Waals surface area contributed by atoms with Crippen molar-refractivity contribution in [3.63, 3.8) is 0 Å². The van der Waals surface area contributed by atoms with Gasteiger partial charge in [0.25, 0.3) is 0 Å². The van der Waals surface area contributed by atoms with Crippen LogP contribution in [0.5, 0.6) is 0 Å². The van der Waals surface area contributed by atoms with E-state index in [-0.39, 0.29) is 10.3 Å². The van der Waals surface area contributed by atoms with E-state index < -0.39 is 10.0 Å². The fourth-order valence-electron chi connectivity index (χ4n) is 1.32. The van der Waals surface area contributed by atoms with Gasteiger partial charge in [-0.3, -0.25) is 0 Å². The highest BCUT2D eigenvalue weighted by Gasteiger charge is 2.20. The Morgan fingerprint density at radius 3 is 2.42 bits per heavy atom. The monoisotopic (exact) mass is 285 g/mol. The van der Waals surface area contributed by atoms with Crippen LogP contribution in [-0.4, -0.2) is 26.5 Å². The molecule has 1 heterocycles. The Bertz CT molecular complexity index is 495. The number of nitrogens with one attached hydrogen (secondary N) is 2. The lowest BCUT2D eigenvalue weighted by Gasteiger charge is -2.22. The normalized spacial score (nSPS) is 12.4. The molecule has 0 aliphatic rings. The molecule has 0 atom stereocenters. The Labute approximate surface area is 115 Å². The molecule has 5 nitrogen and oxygen atoms in total. The van der Waals surface area contributed by atoms with Crippen molar-refractivity contribution in [2.24, 2.45) is 5.41 Å². The maximum Gasteiger partial charge on any atom is 0.242 e. The number of nitrogens with zero attached hydrogens (tertiary/aromatic N) is 1. The van der Waals surface area contributed by atoms with E-state index in [1.807, 2.05) is 27.7 Å². The van der Waals surface area contributed by atoms with Crippen LogP contribution in [-0.2, 0) is 10.0 Å². The van der Waals surface area contributed by atoms with Gasteiger partial charge < -0.3 is 5.32 Å². The summed E-state index contributed by atoms with van der Waals surface area (Å²) in [5, 5.41) is 3.03. The Hall–Kier alpha value is -1.14. The molecule has 0 spiro atoms. The number of pyridine rings is 1. The summed E-state index contributed by atoms with van der Waals surface area (Å²) in [5.41, 5.74) is -0.0514. The van der Waals surface area contributed by atoms with Crippen molar-refractivity contribution in [1.29, 1.82) is 0 Å². The first-order chi connectivity index (χ1) is 8.80. The zero-order valence-electron chi connectivity index (χ0n) is 12.0. The molecular formula is C13H23N3O2S. The topological polar surface area (TPSA) is 71.1 Å². The van der Waals surface area contributed by atoms with E-state index in [0.717, 1.165) is 13.0 Å². The van der Waals surface area contributed by atoms with Crippen LogP contribution in [0.25, 0.3) is 0 Å². The predicted octanol–water partition coefficient (Wildman–Crippen LogP) is 2.23. The second-order valence-electron chi connectivity index (χ2n) is 5.25. The molecule has 0 unspecified atom stereocenters. The summed E-state index contributed by atoms with van der Waals surface area (Å²) in [6.45, 7) is 9.23. The SMILES string of the molecule is CCNc1ccc(S(=O)(=O)NCC(C)(C)CC)cn1. The number of hydrogen-bond donors (Lipinski definition) is 2. The van der Waals surface area contributed by atoms with E-state index >= 15 is 0 Å². The largest absolute Gasteiger partial charge is 0.370 e. The lowest BCUT2D eigenvalue weighted by Crippen LogP contribution is -2.33. The van der Waals surface area contributed by atoms with Gasteiger partial charge >= 0.3 is 0 Å². The van der Waals surface area contributed by atoms with Gasteiger partial charge in [0.2, 0.25) is 10.0 Å². The van der Waals surface area contributed by atoms with Gasteiger partial charge in [0.1, 0.15) is 10.7 Å². The van der Waals surface area contributed by atoms with E-state index in [9.17, 15) is 8.42 Å². The first-order valence-corrected chi connectivity index (χ1v) is 7.98. The van der Waals surface area contributed by atoms with E-state index in [2.05, 4.69) is 15.0 Å². The lowest BCUT2D eigenvalue weighted by molar-refractivity contribution is 0.350. The molecule has 0 saturated carbocycles. The van der Waals surface area contributed by atoms with Crippen molar-refractivity contribution >= 4 is 15.8 Å². The van der Waals surface area contributed by atoms with Crippen molar-refractivity contribution in [1.82, 2.24) is 9.71 Å². The average molecular weight is 285 g/mol. The molecule has 0 bridgehead atoms. The van der Waals surface area contributed by atoms with Gasteiger partial charge in [-0.2, -0.15) is 0 Å². The highest BCUT2D eigenvalue weighted by atomic mass is 32.2. The molecule has 0 saturated heterocycles. The maximum absolute atomic E-state index is 12.1. The van der Waals surface area contributed by atoms with Crippen molar-refractivity contribution in [2.45, 2.75) is 39.0 Å². The lowest BCUT2D eigenvalue weighted by atomic mass is 9.91. The van der Waals surface area contributed by atoms with Gasteiger partial charge in [-0.05, 0) is 30.9 Å². The van der Waals surface area contributed by atoms with E-state index in [1.165, 1.54) is 6.20 Å². The summed E-state index contributed by atoms with van der Waals surface area (Å²) < 4.78 is 26.8. The Morgan fingerprint density at radius 2 is 1.95 bits per heavy atom. The zero-order valence-corrected chi connectivity index (χ0v) is 12.8. The van der Waals surface area contributed by atoms with Crippen molar-refractivity contribution in [2.75, 3.05) is 18.4 Å². The van der Waals surface area contributed by atoms with Crippen molar-refractivity contribution in [3.8, 4) is 0 Å². The molecular weight excluding hydrogens is 262 g/mol. The zero-order chi connectivity index (χ0) is 14.5. The van der Waals surface area contributed by atoms with Crippen LogP contribution in [0.3, 0.4) is 0 Å². The van der Waals surface area contributed by atoms with Gasteiger partial charge in [0, 0.05) is 19.3 Å². The third kappa shape index (κ3) is 4.80. The Kier molecular flexibility index (Phi) is 5.31. The number of rotatable bonds is 7. The van der Waals surface area contributed by atoms with Crippen LogP contribution in [0.2, 0.25) is 0 Å². The van der Waals surface area contributed by atoms with Gasteiger partial charge in [-0.25, -0.2) is 18.1 Å². The maximum atomic E-state index is 12.1. The summed E-state index contributed by atoms with van der Waals surface area (Å²) in [6.07, 6.45) is 2.28. The van der Waals surface area contributed by atoms with Gasteiger partial charge in [0.15, 0.2) is 0 Å². The van der Waals surface area contributed by atoms with Crippen LogP contribution in [0.1, 0.15) is 34.1 Å². The van der Waals surface area contributed by atoms with E-state index in [1.54, 1.807) is 12.1 Å². The minimum atomic E-state index is -3.48. The van der Waals surface area contributed by atoms with Gasteiger partial charge in [-0.1, -0.05) is 20.8 Å². The predicted molar refractivity (Wildman–Crippen MR) is 77.7 cm³/mol. The third-order valence-corrected chi connectivity index (χ3v) is 4.49. The minimum absolute atomic E-state index is 0.0514.